The van der Waals surface area contributed by atoms with Crippen LogP contribution >= 0.6 is 11.3 Å². The lowest BCUT2D eigenvalue weighted by atomic mass is 10.3. The fraction of sp³-hybridized carbons (Fsp3) is 0.400. The highest BCUT2D eigenvalue weighted by Gasteiger charge is 2.24. The first-order valence-corrected chi connectivity index (χ1v) is 7.55. The number of amides is 1. The van der Waals surface area contributed by atoms with Gasteiger partial charge < -0.3 is 9.47 Å². The van der Waals surface area contributed by atoms with Crippen LogP contribution in [0, 0.1) is 0 Å². The average molecular weight is 274 g/mol. The minimum absolute atomic E-state index is 0.169. The third-order valence-corrected chi connectivity index (χ3v) is 4.49. The molecule has 1 fully saturated rings. The second-order valence-corrected chi connectivity index (χ2v) is 6.15. The number of carbonyl (C=O) groups is 1. The Morgan fingerprint density at radius 3 is 2.84 bits per heavy atom. The van der Waals surface area contributed by atoms with Gasteiger partial charge in [0.1, 0.15) is 10.5 Å². The first kappa shape index (κ1) is 12.5. The van der Waals surface area contributed by atoms with E-state index in [1.165, 1.54) is 4.83 Å². The molecule has 1 aliphatic heterocycles. The SMILES string of the molecule is C=C(C)Cn1c(C(=O)N2CCCC2)cc2ccsc21. The van der Waals surface area contributed by atoms with E-state index in [4.69, 9.17) is 0 Å². The van der Waals surface area contributed by atoms with Crippen molar-refractivity contribution >= 4 is 27.5 Å². The number of aromatic nitrogens is 1. The lowest BCUT2D eigenvalue weighted by molar-refractivity contribution is 0.0783. The van der Waals surface area contributed by atoms with Crippen LogP contribution < -0.4 is 0 Å². The highest BCUT2D eigenvalue weighted by Crippen LogP contribution is 2.27. The van der Waals surface area contributed by atoms with Gasteiger partial charge in [-0.3, -0.25) is 4.79 Å². The summed E-state index contributed by atoms with van der Waals surface area (Å²) in [6.45, 7) is 8.49. The molecule has 3 rings (SSSR count). The number of thiophene rings is 1. The van der Waals surface area contributed by atoms with E-state index in [1.54, 1.807) is 11.3 Å². The summed E-state index contributed by atoms with van der Waals surface area (Å²) >= 11 is 1.69. The van der Waals surface area contributed by atoms with Gasteiger partial charge in [0.05, 0.1) is 0 Å². The Balaban J connectivity index is 2.03. The zero-order valence-electron chi connectivity index (χ0n) is 11.2. The molecule has 0 radical (unpaired) electrons. The van der Waals surface area contributed by atoms with E-state index in [-0.39, 0.29) is 5.91 Å². The van der Waals surface area contributed by atoms with Gasteiger partial charge in [-0.25, -0.2) is 0 Å². The Morgan fingerprint density at radius 2 is 2.16 bits per heavy atom. The number of hydrogen-bond donors (Lipinski definition) is 0. The third-order valence-electron chi connectivity index (χ3n) is 3.54. The number of fused-ring (bicyclic) bond motifs is 1. The van der Waals surface area contributed by atoms with Crippen LogP contribution in [0.4, 0.5) is 0 Å². The lowest BCUT2D eigenvalue weighted by Crippen LogP contribution is -2.29. The molecule has 3 nitrogen and oxygen atoms in total. The van der Waals surface area contributed by atoms with Crippen LogP contribution in [-0.2, 0) is 6.54 Å². The van der Waals surface area contributed by atoms with E-state index in [0.29, 0.717) is 0 Å². The van der Waals surface area contributed by atoms with Gasteiger partial charge in [-0.1, -0.05) is 12.2 Å². The summed E-state index contributed by atoms with van der Waals surface area (Å²) in [5, 5.41) is 3.23. The zero-order chi connectivity index (χ0) is 13.4. The number of carbonyl (C=O) groups excluding carboxylic acids is 1. The van der Waals surface area contributed by atoms with Crippen molar-refractivity contribution < 1.29 is 4.79 Å². The maximum Gasteiger partial charge on any atom is 0.270 e. The molecule has 2 aromatic rings. The second-order valence-electron chi connectivity index (χ2n) is 5.25. The summed E-state index contributed by atoms with van der Waals surface area (Å²) in [5.41, 5.74) is 1.88. The number of likely N-dealkylation sites (tertiary alicyclic amines) is 1. The summed E-state index contributed by atoms with van der Waals surface area (Å²) in [6.07, 6.45) is 2.25. The molecule has 0 spiro atoms. The molecule has 19 heavy (non-hydrogen) atoms. The van der Waals surface area contributed by atoms with Crippen molar-refractivity contribution in [3.05, 3.63) is 35.4 Å². The van der Waals surface area contributed by atoms with Gasteiger partial charge in [0.2, 0.25) is 0 Å². The van der Waals surface area contributed by atoms with Crippen LogP contribution in [0.25, 0.3) is 10.2 Å². The van der Waals surface area contributed by atoms with Crippen LogP contribution in [0.2, 0.25) is 0 Å². The molecule has 1 aliphatic rings. The van der Waals surface area contributed by atoms with Gasteiger partial charge >= 0.3 is 0 Å². The van der Waals surface area contributed by atoms with Gasteiger partial charge in [-0.15, -0.1) is 11.3 Å². The summed E-state index contributed by atoms with van der Waals surface area (Å²) in [5.74, 6) is 0.169. The van der Waals surface area contributed by atoms with Crippen molar-refractivity contribution in [3.63, 3.8) is 0 Å². The largest absolute Gasteiger partial charge is 0.337 e. The minimum Gasteiger partial charge on any atom is -0.337 e. The Bertz CT molecular complexity index is 632. The molecule has 100 valence electrons. The molecule has 0 aromatic carbocycles. The Kier molecular flexibility index (Phi) is 3.19. The lowest BCUT2D eigenvalue weighted by Gasteiger charge is -2.17. The Hall–Kier alpha value is -1.55. The predicted molar refractivity (Wildman–Crippen MR) is 79.8 cm³/mol. The standard InChI is InChI=1S/C15H18N2OS/c1-11(2)10-17-13(9-12-5-8-19-15(12)17)14(18)16-6-3-4-7-16/h5,8-9H,1,3-4,6-7,10H2,2H3. The van der Waals surface area contributed by atoms with Crippen molar-refractivity contribution in [2.24, 2.45) is 0 Å². The first-order chi connectivity index (χ1) is 9.16. The molecule has 0 aliphatic carbocycles. The maximum atomic E-state index is 12.6. The van der Waals surface area contributed by atoms with Crippen molar-refractivity contribution in [1.29, 1.82) is 0 Å². The highest BCUT2D eigenvalue weighted by molar-refractivity contribution is 7.16. The summed E-state index contributed by atoms with van der Waals surface area (Å²) in [6, 6.07) is 4.10. The summed E-state index contributed by atoms with van der Waals surface area (Å²) in [4.78, 5) is 15.7. The highest BCUT2D eigenvalue weighted by atomic mass is 32.1. The molecular weight excluding hydrogens is 256 g/mol. The predicted octanol–water partition coefficient (Wildman–Crippen LogP) is 3.51. The zero-order valence-corrected chi connectivity index (χ0v) is 12.0. The van der Waals surface area contributed by atoms with Gasteiger partial charge in [0, 0.05) is 25.0 Å². The van der Waals surface area contributed by atoms with Crippen LogP contribution in [0.3, 0.4) is 0 Å². The average Bonchev–Trinajstić information content (AvgIpc) is 3.04. The second kappa shape index (κ2) is 4.85. The fourth-order valence-corrected chi connectivity index (χ4v) is 3.56. The molecular formula is C15H18N2OS. The van der Waals surface area contributed by atoms with Crippen LogP contribution in [0.5, 0.6) is 0 Å². The minimum atomic E-state index is 0.169. The molecule has 1 amide bonds. The van der Waals surface area contributed by atoms with Crippen LogP contribution in [0.1, 0.15) is 30.3 Å². The number of rotatable bonds is 3. The normalized spacial score (nSPS) is 15.3. The maximum absolute atomic E-state index is 12.6. The molecule has 0 atom stereocenters. The van der Waals surface area contributed by atoms with Crippen molar-refractivity contribution in [3.8, 4) is 0 Å². The van der Waals surface area contributed by atoms with Crippen molar-refractivity contribution in [2.75, 3.05) is 13.1 Å². The third kappa shape index (κ3) is 2.21. The van der Waals surface area contributed by atoms with E-state index >= 15 is 0 Å². The number of allylic oxidation sites excluding steroid dienone is 1. The number of nitrogens with zero attached hydrogens (tertiary/aromatic N) is 2. The van der Waals surface area contributed by atoms with Gasteiger partial charge in [-0.2, -0.15) is 0 Å². The van der Waals surface area contributed by atoms with Crippen molar-refractivity contribution in [1.82, 2.24) is 9.47 Å². The van der Waals surface area contributed by atoms with E-state index in [0.717, 1.165) is 49.1 Å². The molecule has 1 saturated heterocycles. The van der Waals surface area contributed by atoms with Gasteiger partial charge in [0.15, 0.2) is 0 Å². The van der Waals surface area contributed by atoms with Crippen LogP contribution in [-0.4, -0.2) is 28.5 Å². The summed E-state index contributed by atoms with van der Waals surface area (Å²) < 4.78 is 2.11. The van der Waals surface area contributed by atoms with E-state index in [2.05, 4.69) is 22.6 Å². The van der Waals surface area contributed by atoms with Crippen molar-refractivity contribution in [2.45, 2.75) is 26.3 Å². The first-order valence-electron chi connectivity index (χ1n) is 6.67. The monoisotopic (exact) mass is 274 g/mol. The number of hydrogen-bond acceptors (Lipinski definition) is 2. The Morgan fingerprint density at radius 1 is 1.42 bits per heavy atom. The molecule has 3 heterocycles. The van der Waals surface area contributed by atoms with Gasteiger partial charge in [0.25, 0.3) is 5.91 Å². The molecule has 0 N–H and O–H groups in total. The van der Waals surface area contributed by atoms with E-state index < -0.39 is 0 Å². The van der Waals surface area contributed by atoms with E-state index in [9.17, 15) is 4.79 Å². The van der Waals surface area contributed by atoms with E-state index in [1.807, 2.05) is 17.9 Å². The molecule has 4 heteroatoms. The Labute approximate surface area is 117 Å². The molecule has 0 unspecified atom stereocenters. The van der Waals surface area contributed by atoms with Crippen LogP contribution in [0.15, 0.2) is 29.7 Å². The fourth-order valence-electron chi connectivity index (χ4n) is 2.66. The topological polar surface area (TPSA) is 25.2 Å². The van der Waals surface area contributed by atoms with Gasteiger partial charge in [-0.05, 0) is 37.3 Å². The molecule has 0 saturated carbocycles. The molecule has 2 aromatic heterocycles. The summed E-state index contributed by atoms with van der Waals surface area (Å²) in [7, 11) is 0. The smallest absolute Gasteiger partial charge is 0.270 e. The quantitative estimate of drug-likeness (QED) is 0.786. The molecule has 0 bridgehead atoms.